The number of hydrogen-bond donors (Lipinski definition) is 5. The lowest BCUT2D eigenvalue weighted by molar-refractivity contribution is 0.0341. The minimum Gasteiger partial charge on any atom is -0.423 e. The molecule has 1 aliphatic rings. The Morgan fingerprint density at radius 1 is 0.977 bits per heavy atom. The maximum absolute atomic E-state index is 13.1. The number of benzene rings is 3. The van der Waals surface area contributed by atoms with Crippen LogP contribution in [0.1, 0.15) is 39.2 Å². The fraction of sp³-hybridized carbons (Fsp3) is 0.310. The van der Waals surface area contributed by atoms with Gasteiger partial charge in [0.05, 0.1) is 16.4 Å². The molecule has 1 amide bonds. The van der Waals surface area contributed by atoms with Crippen LogP contribution in [-0.4, -0.2) is 56.7 Å². The molecule has 0 bridgehead atoms. The number of amides is 1. The highest BCUT2D eigenvalue weighted by Crippen LogP contribution is 2.32. The van der Waals surface area contributed by atoms with Gasteiger partial charge >= 0.3 is 6.09 Å². The number of ether oxygens (including phenoxy) is 1. The summed E-state index contributed by atoms with van der Waals surface area (Å²) in [4.78, 5) is 13.2. The van der Waals surface area contributed by atoms with Crippen molar-refractivity contribution in [1.29, 1.82) is 0 Å². The van der Waals surface area contributed by atoms with Crippen LogP contribution in [0.4, 0.5) is 16.2 Å². The SMILES string of the molecule is CC(C)(C)NS(=O)(=O)c1ccccc1-c1ccc(NC(=O)OC2(Nc3cccc(C(N)=NO)c3)CCS(=O)(=O)CC2)cc1. The molecule has 4 rings (SSSR count). The number of carbonyl (C=O) groups is 1. The Labute approximate surface area is 251 Å². The Hall–Kier alpha value is -4.14. The van der Waals surface area contributed by atoms with Gasteiger partial charge in [0.1, 0.15) is 0 Å². The van der Waals surface area contributed by atoms with Gasteiger partial charge in [0.25, 0.3) is 0 Å². The topological polar surface area (TPSA) is 189 Å². The minimum absolute atomic E-state index is 0.00332. The van der Waals surface area contributed by atoms with Crippen molar-refractivity contribution < 1.29 is 31.6 Å². The number of sulfonamides is 1. The molecule has 0 aromatic heterocycles. The molecule has 0 aliphatic carbocycles. The summed E-state index contributed by atoms with van der Waals surface area (Å²) in [6, 6.07) is 19.8. The molecule has 0 radical (unpaired) electrons. The fourth-order valence-electron chi connectivity index (χ4n) is 4.65. The van der Waals surface area contributed by atoms with Crippen molar-refractivity contribution in [2.75, 3.05) is 22.1 Å². The van der Waals surface area contributed by atoms with Crippen molar-refractivity contribution in [2.24, 2.45) is 10.9 Å². The Balaban J connectivity index is 1.53. The molecular formula is C29H35N5O7S2. The van der Waals surface area contributed by atoms with Crippen molar-refractivity contribution in [3.8, 4) is 11.1 Å². The maximum atomic E-state index is 13.1. The third-order valence-electron chi connectivity index (χ3n) is 6.62. The molecule has 0 saturated carbocycles. The van der Waals surface area contributed by atoms with Gasteiger partial charge in [0.2, 0.25) is 10.0 Å². The van der Waals surface area contributed by atoms with Gasteiger partial charge in [-0.15, -0.1) is 0 Å². The number of amidine groups is 1. The van der Waals surface area contributed by atoms with Crippen LogP contribution in [0, 0.1) is 0 Å². The van der Waals surface area contributed by atoms with Crippen LogP contribution < -0.4 is 21.1 Å². The second-order valence-corrected chi connectivity index (χ2v) is 15.2. The Kier molecular flexibility index (Phi) is 9.04. The van der Waals surface area contributed by atoms with E-state index in [-0.39, 0.29) is 35.1 Å². The summed E-state index contributed by atoms with van der Waals surface area (Å²) >= 11 is 0. The summed E-state index contributed by atoms with van der Waals surface area (Å²) in [6.07, 6.45) is -0.809. The average Bonchev–Trinajstić information content (AvgIpc) is 2.93. The van der Waals surface area contributed by atoms with Crippen LogP contribution in [0.25, 0.3) is 11.1 Å². The van der Waals surface area contributed by atoms with E-state index in [9.17, 15) is 21.6 Å². The maximum Gasteiger partial charge on any atom is 0.413 e. The number of hydrogen-bond acceptors (Lipinski definition) is 9. The van der Waals surface area contributed by atoms with E-state index in [4.69, 9.17) is 15.7 Å². The quantitative estimate of drug-likeness (QED) is 0.0803. The van der Waals surface area contributed by atoms with Crippen molar-refractivity contribution in [3.63, 3.8) is 0 Å². The largest absolute Gasteiger partial charge is 0.423 e. The summed E-state index contributed by atoms with van der Waals surface area (Å²) in [6.45, 7) is 5.28. The first-order chi connectivity index (χ1) is 20.1. The Morgan fingerprint density at radius 3 is 2.26 bits per heavy atom. The molecular weight excluding hydrogens is 594 g/mol. The molecule has 12 nitrogen and oxygen atoms in total. The standard InChI is InChI=1S/C29H35N5O7S2/c1-28(2,3)34-43(39,40)25-10-5-4-9-24(25)20-11-13-22(14-12-20)31-27(35)41-29(15-17-42(37,38)18-16-29)32-23-8-6-7-21(19-23)26(30)33-36/h4-14,19,32,34,36H,15-18H2,1-3H3,(H2,30,33)(H,31,35). The normalized spacial score (nSPS) is 16.7. The first kappa shape index (κ1) is 31.8. The average molecular weight is 630 g/mol. The van der Waals surface area contributed by atoms with Gasteiger partial charge in [-0.3, -0.25) is 5.32 Å². The molecule has 43 heavy (non-hydrogen) atoms. The number of nitrogens with two attached hydrogens (primary N) is 1. The van der Waals surface area contributed by atoms with E-state index in [1.165, 1.54) is 6.07 Å². The lowest BCUT2D eigenvalue weighted by Gasteiger charge is -2.37. The number of nitrogens with one attached hydrogen (secondary N) is 3. The zero-order chi connectivity index (χ0) is 31.5. The predicted molar refractivity (Wildman–Crippen MR) is 165 cm³/mol. The number of rotatable bonds is 8. The molecule has 1 aliphatic heterocycles. The number of carbonyl (C=O) groups excluding carboxylic acids is 1. The molecule has 14 heteroatoms. The van der Waals surface area contributed by atoms with Crippen LogP contribution in [0.15, 0.2) is 82.8 Å². The molecule has 1 saturated heterocycles. The lowest BCUT2D eigenvalue weighted by atomic mass is 10.1. The number of sulfone groups is 1. The molecule has 3 aromatic carbocycles. The zero-order valence-corrected chi connectivity index (χ0v) is 25.6. The van der Waals surface area contributed by atoms with Gasteiger partial charge in [-0.2, -0.15) is 0 Å². The van der Waals surface area contributed by atoms with Gasteiger partial charge < -0.3 is 21.0 Å². The highest BCUT2D eigenvalue weighted by atomic mass is 32.2. The van der Waals surface area contributed by atoms with Crippen LogP contribution in [0.5, 0.6) is 0 Å². The van der Waals surface area contributed by atoms with Gasteiger partial charge in [0.15, 0.2) is 21.4 Å². The van der Waals surface area contributed by atoms with Gasteiger partial charge in [-0.1, -0.05) is 47.6 Å². The summed E-state index contributed by atoms with van der Waals surface area (Å²) in [5.74, 6) is -0.487. The van der Waals surface area contributed by atoms with Crippen molar-refractivity contribution in [2.45, 2.75) is 49.8 Å². The lowest BCUT2D eigenvalue weighted by Crippen LogP contribution is -2.49. The van der Waals surface area contributed by atoms with Gasteiger partial charge in [-0.05, 0) is 56.7 Å². The Morgan fingerprint density at radius 2 is 1.63 bits per heavy atom. The number of oxime groups is 1. The summed E-state index contributed by atoms with van der Waals surface area (Å²) in [5, 5.41) is 17.8. The second-order valence-electron chi connectivity index (χ2n) is 11.3. The molecule has 1 fully saturated rings. The van der Waals surface area contributed by atoms with Crippen LogP contribution >= 0.6 is 0 Å². The van der Waals surface area contributed by atoms with E-state index >= 15 is 0 Å². The van der Waals surface area contributed by atoms with E-state index in [0.717, 1.165) is 0 Å². The monoisotopic (exact) mass is 629 g/mol. The highest BCUT2D eigenvalue weighted by Gasteiger charge is 2.41. The summed E-state index contributed by atoms with van der Waals surface area (Å²) < 4.78 is 58.9. The molecule has 0 spiro atoms. The van der Waals surface area contributed by atoms with E-state index in [0.29, 0.717) is 28.1 Å². The number of anilines is 2. The summed E-state index contributed by atoms with van der Waals surface area (Å²) in [7, 11) is -7.10. The molecule has 0 unspecified atom stereocenters. The zero-order valence-electron chi connectivity index (χ0n) is 24.0. The minimum atomic E-state index is -3.81. The second kappa shape index (κ2) is 12.2. The molecule has 6 N–H and O–H groups in total. The van der Waals surface area contributed by atoms with Gasteiger partial charge in [0, 0.05) is 40.9 Å². The van der Waals surface area contributed by atoms with E-state index in [1.54, 1.807) is 87.5 Å². The Bertz CT molecular complexity index is 1720. The van der Waals surface area contributed by atoms with Crippen LogP contribution in [0.2, 0.25) is 0 Å². The van der Waals surface area contributed by atoms with Crippen molar-refractivity contribution >= 4 is 43.2 Å². The first-order valence-electron chi connectivity index (χ1n) is 13.4. The molecule has 0 atom stereocenters. The van der Waals surface area contributed by atoms with Gasteiger partial charge in [-0.25, -0.2) is 26.4 Å². The van der Waals surface area contributed by atoms with E-state index < -0.39 is 37.2 Å². The predicted octanol–water partition coefficient (Wildman–Crippen LogP) is 4.09. The van der Waals surface area contributed by atoms with Crippen LogP contribution in [0.3, 0.4) is 0 Å². The van der Waals surface area contributed by atoms with Crippen LogP contribution in [-0.2, 0) is 24.6 Å². The summed E-state index contributed by atoms with van der Waals surface area (Å²) in [5.41, 5.74) is 6.08. The number of nitrogens with zero attached hydrogens (tertiary/aromatic N) is 1. The van der Waals surface area contributed by atoms with E-state index in [2.05, 4.69) is 20.5 Å². The van der Waals surface area contributed by atoms with E-state index in [1.807, 2.05) is 0 Å². The van der Waals surface area contributed by atoms with Crippen molar-refractivity contribution in [3.05, 3.63) is 78.4 Å². The highest BCUT2D eigenvalue weighted by molar-refractivity contribution is 7.91. The fourth-order valence-corrected chi connectivity index (χ4v) is 7.78. The van der Waals surface area contributed by atoms with Crippen molar-refractivity contribution in [1.82, 2.24) is 4.72 Å². The third kappa shape index (κ3) is 8.24. The molecule has 3 aromatic rings. The molecule has 230 valence electrons. The first-order valence-corrected chi connectivity index (χ1v) is 16.7. The smallest absolute Gasteiger partial charge is 0.413 e. The third-order valence-corrected chi connectivity index (χ3v) is 10.1. The molecule has 1 heterocycles.